The van der Waals surface area contributed by atoms with E-state index in [4.69, 9.17) is 18.9 Å². The summed E-state index contributed by atoms with van der Waals surface area (Å²) in [5.74, 6) is 1.65. The molecule has 0 saturated carbocycles. The molecule has 0 amide bonds. The highest BCUT2D eigenvalue weighted by Gasteiger charge is 2.15. The molecule has 98 valence electrons. The van der Waals surface area contributed by atoms with Crippen LogP contribution in [0.1, 0.15) is 5.56 Å². The first-order chi connectivity index (χ1) is 8.92. The molecule has 0 radical (unpaired) electrons. The first-order valence-corrected chi connectivity index (χ1v) is 6.20. The first kappa shape index (κ1) is 11.8. The number of nitrogens with one attached hydrogen (secondary N) is 1. The van der Waals surface area contributed by atoms with Gasteiger partial charge in [0.2, 0.25) is 6.79 Å². The summed E-state index contributed by atoms with van der Waals surface area (Å²) in [6, 6.07) is 5.99. The van der Waals surface area contributed by atoms with Gasteiger partial charge in [0, 0.05) is 13.1 Å². The van der Waals surface area contributed by atoms with Gasteiger partial charge in [0.1, 0.15) is 0 Å². The number of benzene rings is 1. The van der Waals surface area contributed by atoms with Crippen LogP contribution in [-0.2, 0) is 16.0 Å². The molecule has 5 heteroatoms. The van der Waals surface area contributed by atoms with Crippen molar-refractivity contribution < 1.29 is 18.9 Å². The second kappa shape index (κ2) is 5.56. The predicted octanol–water partition coefficient (Wildman–Crippen LogP) is 0.920. The molecule has 1 unspecified atom stereocenters. The Kier molecular flexibility index (Phi) is 3.64. The first-order valence-electron chi connectivity index (χ1n) is 6.20. The average Bonchev–Trinajstić information content (AvgIpc) is 2.87. The van der Waals surface area contributed by atoms with Gasteiger partial charge >= 0.3 is 0 Å². The molecule has 0 aromatic heterocycles. The SMILES string of the molecule is c1cc2c(cc1CNCC1COCCO1)OCO2. The monoisotopic (exact) mass is 251 g/mol. The van der Waals surface area contributed by atoms with Crippen LogP contribution in [0.3, 0.4) is 0 Å². The van der Waals surface area contributed by atoms with E-state index in [1.54, 1.807) is 0 Å². The summed E-state index contributed by atoms with van der Waals surface area (Å²) in [5.41, 5.74) is 1.18. The maximum atomic E-state index is 5.56. The Labute approximate surface area is 106 Å². The van der Waals surface area contributed by atoms with E-state index in [-0.39, 0.29) is 6.10 Å². The molecule has 1 aromatic rings. The Bertz CT molecular complexity index is 404. The van der Waals surface area contributed by atoms with Gasteiger partial charge in [-0.3, -0.25) is 0 Å². The Balaban J connectivity index is 1.48. The molecule has 1 saturated heterocycles. The van der Waals surface area contributed by atoms with Gasteiger partial charge in [0.25, 0.3) is 0 Å². The Hall–Kier alpha value is -1.30. The quantitative estimate of drug-likeness (QED) is 0.862. The molecular formula is C13H17NO4. The highest BCUT2D eigenvalue weighted by atomic mass is 16.7. The Morgan fingerprint density at radius 2 is 2.11 bits per heavy atom. The van der Waals surface area contributed by atoms with Crippen molar-refractivity contribution in [3.05, 3.63) is 23.8 Å². The fourth-order valence-corrected chi connectivity index (χ4v) is 2.08. The van der Waals surface area contributed by atoms with E-state index >= 15 is 0 Å². The minimum Gasteiger partial charge on any atom is -0.454 e. The highest BCUT2D eigenvalue weighted by Crippen LogP contribution is 2.32. The zero-order valence-electron chi connectivity index (χ0n) is 10.2. The molecule has 2 heterocycles. The van der Waals surface area contributed by atoms with E-state index in [1.165, 1.54) is 5.56 Å². The summed E-state index contributed by atoms with van der Waals surface area (Å²) in [6.07, 6.45) is 0.160. The summed E-state index contributed by atoms with van der Waals surface area (Å²) in [4.78, 5) is 0. The zero-order valence-corrected chi connectivity index (χ0v) is 10.2. The number of hydrogen-bond acceptors (Lipinski definition) is 5. The number of ether oxygens (including phenoxy) is 4. The van der Waals surface area contributed by atoms with Crippen LogP contribution in [0, 0.1) is 0 Å². The second-order valence-electron chi connectivity index (χ2n) is 4.39. The smallest absolute Gasteiger partial charge is 0.231 e. The van der Waals surface area contributed by atoms with E-state index in [2.05, 4.69) is 5.32 Å². The van der Waals surface area contributed by atoms with Gasteiger partial charge in [0.15, 0.2) is 11.5 Å². The van der Waals surface area contributed by atoms with Gasteiger partial charge < -0.3 is 24.3 Å². The molecule has 0 bridgehead atoms. The minimum atomic E-state index is 0.160. The maximum absolute atomic E-state index is 5.56. The lowest BCUT2D eigenvalue weighted by Crippen LogP contribution is -2.37. The van der Waals surface area contributed by atoms with Crippen LogP contribution in [0.4, 0.5) is 0 Å². The van der Waals surface area contributed by atoms with Gasteiger partial charge in [-0.25, -0.2) is 0 Å². The Morgan fingerprint density at radius 3 is 3.00 bits per heavy atom. The molecule has 18 heavy (non-hydrogen) atoms. The van der Waals surface area contributed by atoms with Gasteiger partial charge in [0.05, 0.1) is 25.9 Å². The fraction of sp³-hybridized carbons (Fsp3) is 0.538. The van der Waals surface area contributed by atoms with Crippen molar-refractivity contribution in [1.82, 2.24) is 5.32 Å². The van der Waals surface area contributed by atoms with E-state index in [0.29, 0.717) is 26.6 Å². The van der Waals surface area contributed by atoms with Crippen LogP contribution in [0.15, 0.2) is 18.2 Å². The summed E-state index contributed by atoms with van der Waals surface area (Å²) >= 11 is 0. The number of fused-ring (bicyclic) bond motifs is 1. The van der Waals surface area contributed by atoms with Crippen molar-refractivity contribution in [1.29, 1.82) is 0 Å². The van der Waals surface area contributed by atoms with Crippen molar-refractivity contribution in [3.63, 3.8) is 0 Å². The molecule has 0 spiro atoms. The molecular weight excluding hydrogens is 234 g/mol. The fourth-order valence-electron chi connectivity index (χ4n) is 2.08. The lowest BCUT2D eigenvalue weighted by Gasteiger charge is -2.23. The number of hydrogen-bond donors (Lipinski definition) is 1. The lowest BCUT2D eigenvalue weighted by atomic mass is 10.2. The third-order valence-electron chi connectivity index (χ3n) is 3.02. The third-order valence-corrected chi connectivity index (χ3v) is 3.02. The minimum absolute atomic E-state index is 0.160. The summed E-state index contributed by atoms with van der Waals surface area (Å²) in [7, 11) is 0. The summed E-state index contributed by atoms with van der Waals surface area (Å²) < 4.78 is 21.5. The normalized spacial score (nSPS) is 22.1. The Morgan fingerprint density at radius 1 is 1.17 bits per heavy atom. The van der Waals surface area contributed by atoms with Gasteiger partial charge in [-0.05, 0) is 17.7 Å². The van der Waals surface area contributed by atoms with Gasteiger partial charge in [-0.1, -0.05) is 6.07 Å². The number of rotatable bonds is 4. The van der Waals surface area contributed by atoms with Crippen LogP contribution in [0.5, 0.6) is 11.5 Å². The van der Waals surface area contributed by atoms with Crippen LogP contribution >= 0.6 is 0 Å². The molecule has 5 nitrogen and oxygen atoms in total. The van der Waals surface area contributed by atoms with Crippen LogP contribution < -0.4 is 14.8 Å². The molecule has 0 aliphatic carbocycles. The van der Waals surface area contributed by atoms with Crippen molar-refractivity contribution >= 4 is 0 Å². The summed E-state index contributed by atoms with van der Waals surface area (Å²) in [6.45, 7) is 3.98. The molecule has 1 aromatic carbocycles. The van der Waals surface area contributed by atoms with E-state index in [1.807, 2.05) is 18.2 Å². The topological polar surface area (TPSA) is 49.0 Å². The predicted molar refractivity (Wildman–Crippen MR) is 64.8 cm³/mol. The molecule has 2 aliphatic rings. The summed E-state index contributed by atoms with van der Waals surface area (Å²) in [5, 5.41) is 3.36. The second-order valence-corrected chi connectivity index (χ2v) is 4.39. The van der Waals surface area contributed by atoms with Crippen molar-refractivity contribution in [2.75, 3.05) is 33.2 Å². The van der Waals surface area contributed by atoms with E-state index in [0.717, 1.165) is 24.6 Å². The largest absolute Gasteiger partial charge is 0.454 e. The third kappa shape index (κ3) is 2.75. The lowest BCUT2D eigenvalue weighted by molar-refractivity contribution is -0.0864. The van der Waals surface area contributed by atoms with Crippen LogP contribution in [-0.4, -0.2) is 39.3 Å². The van der Waals surface area contributed by atoms with Crippen molar-refractivity contribution in [3.8, 4) is 11.5 Å². The van der Waals surface area contributed by atoms with Crippen LogP contribution in [0.2, 0.25) is 0 Å². The van der Waals surface area contributed by atoms with E-state index in [9.17, 15) is 0 Å². The maximum Gasteiger partial charge on any atom is 0.231 e. The van der Waals surface area contributed by atoms with Gasteiger partial charge in [-0.15, -0.1) is 0 Å². The van der Waals surface area contributed by atoms with Crippen LogP contribution in [0.25, 0.3) is 0 Å². The molecule has 2 aliphatic heterocycles. The molecule has 3 rings (SSSR count). The van der Waals surface area contributed by atoms with Crippen molar-refractivity contribution in [2.45, 2.75) is 12.6 Å². The van der Waals surface area contributed by atoms with Crippen molar-refractivity contribution in [2.24, 2.45) is 0 Å². The van der Waals surface area contributed by atoms with Gasteiger partial charge in [-0.2, -0.15) is 0 Å². The van der Waals surface area contributed by atoms with E-state index < -0.39 is 0 Å². The molecule has 1 N–H and O–H groups in total. The highest BCUT2D eigenvalue weighted by molar-refractivity contribution is 5.44. The standard InChI is InChI=1S/C13H17NO4/c1-2-12-13(18-9-17-12)5-10(1)6-14-7-11-8-15-3-4-16-11/h1-2,5,11,14H,3-4,6-9H2. The molecule has 1 fully saturated rings. The zero-order chi connectivity index (χ0) is 12.2. The molecule has 1 atom stereocenters. The average molecular weight is 251 g/mol.